The molecule has 1 saturated heterocycles. The second-order valence-corrected chi connectivity index (χ2v) is 5.78. The number of hydrogen-bond donors (Lipinski definition) is 0. The van der Waals surface area contributed by atoms with Gasteiger partial charge in [0.15, 0.2) is 0 Å². The van der Waals surface area contributed by atoms with E-state index in [1.807, 2.05) is 0 Å². The van der Waals surface area contributed by atoms with Gasteiger partial charge in [-0.1, -0.05) is 20.8 Å². The zero-order chi connectivity index (χ0) is 10.2. The fourth-order valence-electron chi connectivity index (χ4n) is 2.82. The Morgan fingerprint density at radius 3 is 2.31 bits per heavy atom. The van der Waals surface area contributed by atoms with Crippen molar-refractivity contribution in [1.82, 2.24) is 4.90 Å². The highest BCUT2D eigenvalue weighted by Crippen LogP contribution is 2.36. The highest BCUT2D eigenvalue weighted by atomic mass is 15.2. The molecule has 1 nitrogen and oxygen atoms in total. The molecule has 1 rings (SSSR count). The molecular formula is C12H25N. The second kappa shape index (κ2) is 3.61. The van der Waals surface area contributed by atoms with E-state index in [-0.39, 0.29) is 0 Å². The zero-order valence-corrected chi connectivity index (χ0v) is 10.1. The Morgan fingerprint density at radius 1 is 1.31 bits per heavy atom. The van der Waals surface area contributed by atoms with E-state index in [1.54, 1.807) is 0 Å². The summed E-state index contributed by atoms with van der Waals surface area (Å²) < 4.78 is 0. The largest absolute Gasteiger partial charge is 0.298 e. The molecule has 0 aromatic carbocycles. The van der Waals surface area contributed by atoms with E-state index in [0.29, 0.717) is 5.54 Å². The molecule has 0 aromatic heterocycles. The van der Waals surface area contributed by atoms with Crippen LogP contribution in [-0.4, -0.2) is 23.5 Å². The van der Waals surface area contributed by atoms with Gasteiger partial charge >= 0.3 is 0 Å². The molecule has 0 saturated carbocycles. The molecule has 2 unspecified atom stereocenters. The van der Waals surface area contributed by atoms with E-state index < -0.39 is 0 Å². The summed E-state index contributed by atoms with van der Waals surface area (Å²) in [6.45, 7) is 11.8. The van der Waals surface area contributed by atoms with Crippen molar-refractivity contribution < 1.29 is 0 Å². The lowest BCUT2D eigenvalue weighted by Gasteiger charge is -2.49. The Kier molecular flexibility index (Phi) is 3.06. The maximum atomic E-state index is 2.58. The summed E-state index contributed by atoms with van der Waals surface area (Å²) in [6.07, 6.45) is 2.71. The molecule has 0 aromatic rings. The fraction of sp³-hybridized carbons (Fsp3) is 1.00. The summed E-state index contributed by atoms with van der Waals surface area (Å²) >= 11 is 0. The van der Waals surface area contributed by atoms with E-state index in [9.17, 15) is 0 Å². The van der Waals surface area contributed by atoms with Gasteiger partial charge in [0.05, 0.1) is 0 Å². The van der Waals surface area contributed by atoms with Gasteiger partial charge in [-0.05, 0) is 45.6 Å². The van der Waals surface area contributed by atoms with E-state index in [4.69, 9.17) is 0 Å². The second-order valence-electron chi connectivity index (χ2n) is 5.78. The van der Waals surface area contributed by atoms with Gasteiger partial charge in [0.1, 0.15) is 0 Å². The zero-order valence-electron chi connectivity index (χ0n) is 10.1. The number of hydrogen-bond acceptors (Lipinski definition) is 1. The van der Waals surface area contributed by atoms with Crippen LogP contribution in [0, 0.1) is 11.8 Å². The lowest BCUT2D eigenvalue weighted by molar-refractivity contribution is 0.00363. The van der Waals surface area contributed by atoms with Gasteiger partial charge in [-0.15, -0.1) is 0 Å². The quantitative estimate of drug-likeness (QED) is 0.603. The lowest BCUT2D eigenvalue weighted by atomic mass is 9.77. The predicted octanol–water partition coefficient (Wildman–Crippen LogP) is 3.15. The first-order valence-electron chi connectivity index (χ1n) is 5.57. The molecule has 1 aliphatic rings. The van der Waals surface area contributed by atoms with Crippen molar-refractivity contribution in [2.24, 2.45) is 11.8 Å². The third kappa shape index (κ3) is 2.25. The fourth-order valence-corrected chi connectivity index (χ4v) is 2.82. The summed E-state index contributed by atoms with van der Waals surface area (Å²) in [7, 11) is 2.29. The van der Waals surface area contributed by atoms with Crippen LogP contribution in [-0.2, 0) is 0 Å². The van der Waals surface area contributed by atoms with Crippen molar-refractivity contribution in [3.63, 3.8) is 0 Å². The molecule has 1 aliphatic heterocycles. The predicted molar refractivity (Wildman–Crippen MR) is 58.9 cm³/mol. The van der Waals surface area contributed by atoms with Crippen molar-refractivity contribution in [2.45, 2.75) is 59.0 Å². The first kappa shape index (κ1) is 11.0. The Labute approximate surface area is 83.5 Å². The molecule has 0 radical (unpaired) electrons. The molecule has 0 aliphatic carbocycles. The number of likely N-dealkylation sites (tertiary alicyclic amines) is 1. The van der Waals surface area contributed by atoms with Crippen LogP contribution in [0.15, 0.2) is 0 Å². The van der Waals surface area contributed by atoms with Gasteiger partial charge in [-0.2, -0.15) is 0 Å². The normalized spacial score (nSPS) is 35.3. The Hall–Kier alpha value is -0.0400. The maximum absolute atomic E-state index is 2.58. The molecule has 1 heteroatoms. The van der Waals surface area contributed by atoms with Crippen molar-refractivity contribution in [2.75, 3.05) is 7.05 Å². The monoisotopic (exact) mass is 183 g/mol. The van der Waals surface area contributed by atoms with Crippen molar-refractivity contribution >= 4 is 0 Å². The SMILES string of the molecule is CC1CC(C(C)C)N(C)C(C)(C)C1. The molecule has 2 atom stereocenters. The van der Waals surface area contributed by atoms with Crippen LogP contribution in [0.3, 0.4) is 0 Å². The Morgan fingerprint density at radius 2 is 1.85 bits per heavy atom. The molecule has 1 fully saturated rings. The minimum Gasteiger partial charge on any atom is -0.298 e. The third-order valence-electron chi connectivity index (χ3n) is 3.71. The van der Waals surface area contributed by atoms with Crippen LogP contribution in [0.25, 0.3) is 0 Å². The van der Waals surface area contributed by atoms with Gasteiger partial charge in [0, 0.05) is 11.6 Å². The van der Waals surface area contributed by atoms with Crippen LogP contribution in [0.1, 0.15) is 47.5 Å². The summed E-state index contributed by atoms with van der Waals surface area (Å²) in [4.78, 5) is 2.58. The van der Waals surface area contributed by atoms with Crippen LogP contribution in [0.4, 0.5) is 0 Å². The van der Waals surface area contributed by atoms with Gasteiger partial charge in [0.2, 0.25) is 0 Å². The van der Waals surface area contributed by atoms with Crippen molar-refractivity contribution in [3.05, 3.63) is 0 Å². The lowest BCUT2D eigenvalue weighted by Crippen LogP contribution is -2.54. The highest BCUT2D eigenvalue weighted by molar-refractivity contribution is 4.92. The third-order valence-corrected chi connectivity index (χ3v) is 3.71. The summed E-state index contributed by atoms with van der Waals surface area (Å²) in [6, 6.07) is 0.777. The highest BCUT2D eigenvalue weighted by Gasteiger charge is 2.37. The molecule has 0 N–H and O–H groups in total. The Balaban J connectivity index is 2.75. The van der Waals surface area contributed by atoms with Crippen LogP contribution in [0.2, 0.25) is 0 Å². The molecule has 78 valence electrons. The average molecular weight is 183 g/mol. The minimum absolute atomic E-state index is 0.395. The maximum Gasteiger partial charge on any atom is 0.0155 e. The first-order valence-corrected chi connectivity index (χ1v) is 5.57. The van der Waals surface area contributed by atoms with E-state index >= 15 is 0 Å². The van der Waals surface area contributed by atoms with Crippen molar-refractivity contribution in [3.8, 4) is 0 Å². The smallest absolute Gasteiger partial charge is 0.0155 e. The van der Waals surface area contributed by atoms with E-state index in [0.717, 1.165) is 17.9 Å². The summed E-state index contributed by atoms with van der Waals surface area (Å²) in [5.74, 6) is 1.67. The van der Waals surface area contributed by atoms with E-state index in [2.05, 4.69) is 46.6 Å². The molecular weight excluding hydrogens is 158 g/mol. The van der Waals surface area contributed by atoms with Crippen LogP contribution < -0.4 is 0 Å². The van der Waals surface area contributed by atoms with E-state index in [1.165, 1.54) is 12.8 Å². The van der Waals surface area contributed by atoms with Gasteiger partial charge < -0.3 is 0 Å². The molecule has 13 heavy (non-hydrogen) atoms. The number of piperidine rings is 1. The molecule has 0 spiro atoms. The number of nitrogens with zero attached hydrogens (tertiary/aromatic N) is 1. The minimum atomic E-state index is 0.395. The topological polar surface area (TPSA) is 3.24 Å². The van der Waals surface area contributed by atoms with Crippen molar-refractivity contribution in [1.29, 1.82) is 0 Å². The first-order chi connectivity index (χ1) is 5.84. The standard InChI is InChI=1S/C12H25N/c1-9(2)11-7-10(3)8-12(4,5)13(11)6/h9-11H,7-8H2,1-6H3. The van der Waals surface area contributed by atoms with Gasteiger partial charge in [-0.25, -0.2) is 0 Å². The average Bonchev–Trinajstić information content (AvgIpc) is 1.95. The number of rotatable bonds is 1. The van der Waals surface area contributed by atoms with Crippen LogP contribution >= 0.6 is 0 Å². The molecule has 1 heterocycles. The van der Waals surface area contributed by atoms with Gasteiger partial charge in [0.25, 0.3) is 0 Å². The summed E-state index contributed by atoms with van der Waals surface area (Å²) in [5.41, 5.74) is 0.395. The molecule has 0 amide bonds. The Bertz CT molecular complexity index is 172. The summed E-state index contributed by atoms with van der Waals surface area (Å²) in [5, 5.41) is 0. The molecule has 0 bridgehead atoms. The van der Waals surface area contributed by atoms with Crippen LogP contribution in [0.5, 0.6) is 0 Å². The van der Waals surface area contributed by atoms with Gasteiger partial charge in [-0.3, -0.25) is 4.90 Å².